The monoisotopic (exact) mass is 354 g/mol. The molecule has 10 heteroatoms. The number of hydrogen-bond donors (Lipinski definition) is 0. The Morgan fingerprint density at radius 1 is 1.33 bits per heavy atom. The van der Waals surface area contributed by atoms with Crippen LogP contribution in [0.1, 0.15) is 26.8 Å². The second kappa shape index (κ2) is 6.04. The van der Waals surface area contributed by atoms with Gasteiger partial charge in [0.05, 0.1) is 11.9 Å². The fraction of sp³-hybridized carbons (Fsp3) is 0.143. The van der Waals surface area contributed by atoms with Crippen molar-refractivity contribution in [3.05, 3.63) is 52.3 Å². The zero-order valence-corrected chi connectivity index (χ0v) is 12.9. The fourth-order valence-corrected chi connectivity index (χ4v) is 2.80. The molecule has 1 aromatic carbocycles. The predicted octanol–water partition coefficient (Wildman–Crippen LogP) is 3.31. The Morgan fingerprint density at radius 2 is 2.04 bits per heavy atom. The summed E-state index contributed by atoms with van der Waals surface area (Å²) in [5, 5.41) is 6.93. The van der Waals surface area contributed by atoms with Crippen LogP contribution in [0, 0.1) is 6.92 Å². The quantitative estimate of drug-likeness (QED) is 0.411. The lowest BCUT2D eigenvalue weighted by Crippen LogP contribution is -2.08. The number of thiazole rings is 1. The minimum absolute atomic E-state index is 0.0428. The maximum atomic E-state index is 12.6. The van der Waals surface area contributed by atoms with Crippen LogP contribution >= 0.6 is 11.3 Å². The third kappa shape index (κ3) is 3.13. The Kier molecular flexibility index (Phi) is 4.06. The first-order valence-corrected chi connectivity index (χ1v) is 7.41. The van der Waals surface area contributed by atoms with Gasteiger partial charge in [0.1, 0.15) is 4.88 Å². The molecule has 0 spiro atoms. The zero-order valence-electron chi connectivity index (χ0n) is 12.1. The normalized spacial score (nSPS) is 12.2. The molecule has 0 aliphatic heterocycles. The molecule has 0 atom stereocenters. The van der Waals surface area contributed by atoms with E-state index in [1.165, 1.54) is 13.1 Å². The van der Waals surface area contributed by atoms with Crippen molar-refractivity contribution in [2.75, 3.05) is 0 Å². The molecule has 2 aromatic heterocycles. The maximum Gasteiger partial charge on any atom is 0.453 e. The van der Waals surface area contributed by atoms with Crippen LogP contribution in [-0.4, -0.2) is 26.8 Å². The van der Waals surface area contributed by atoms with Gasteiger partial charge in [-0.05, 0) is 12.5 Å². The Hall–Kier alpha value is -2.75. The summed E-state index contributed by atoms with van der Waals surface area (Å²) < 4.78 is 38.7. The number of hydrogen-bond acceptors (Lipinski definition) is 6. The van der Waals surface area contributed by atoms with E-state index in [9.17, 15) is 18.0 Å². The Labute approximate surface area is 137 Å². The molecule has 0 N–H and O–H groups in total. The summed E-state index contributed by atoms with van der Waals surface area (Å²) in [7, 11) is 0. The summed E-state index contributed by atoms with van der Waals surface area (Å²) in [6, 6.07) is 8.96. The minimum atomic E-state index is -4.64. The van der Waals surface area contributed by atoms with E-state index in [-0.39, 0.29) is 15.5 Å². The molecule has 0 fully saturated rings. The molecule has 6 nitrogen and oxygen atoms in total. The van der Waals surface area contributed by atoms with Gasteiger partial charge < -0.3 is 4.84 Å². The SMILES string of the molecule is Cc1c(C(=O)O/N=C/c2ccccc2)sc2nc(C(F)(F)F)nn12. The molecule has 0 aliphatic carbocycles. The molecule has 24 heavy (non-hydrogen) atoms. The summed E-state index contributed by atoms with van der Waals surface area (Å²) in [4.78, 5) is 20.2. The second-order valence-corrected chi connectivity index (χ2v) is 5.65. The molecule has 124 valence electrons. The zero-order chi connectivity index (χ0) is 17.3. The largest absolute Gasteiger partial charge is 0.453 e. The average Bonchev–Trinajstić information content (AvgIpc) is 3.08. The van der Waals surface area contributed by atoms with Crippen LogP contribution < -0.4 is 0 Å². The number of benzene rings is 1. The number of alkyl halides is 3. The molecule has 3 rings (SSSR count). The lowest BCUT2D eigenvalue weighted by molar-refractivity contribution is -0.144. The lowest BCUT2D eigenvalue weighted by atomic mass is 10.2. The number of carbonyl (C=O) groups excluding carboxylic acids is 1. The van der Waals surface area contributed by atoms with Crippen LogP contribution in [0.15, 0.2) is 35.5 Å². The highest BCUT2D eigenvalue weighted by Crippen LogP contribution is 2.29. The van der Waals surface area contributed by atoms with E-state index in [1.807, 2.05) is 6.07 Å². The van der Waals surface area contributed by atoms with E-state index in [0.717, 1.165) is 21.4 Å². The molecule has 3 aromatic rings. The van der Waals surface area contributed by atoms with Gasteiger partial charge in [0.15, 0.2) is 0 Å². The van der Waals surface area contributed by atoms with Crippen LogP contribution in [0.5, 0.6) is 0 Å². The number of nitrogens with zero attached hydrogens (tertiary/aromatic N) is 4. The van der Waals surface area contributed by atoms with Gasteiger partial charge in [-0.3, -0.25) is 0 Å². The molecule has 2 heterocycles. The summed E-state index contributed by atoms with van der Waals surface area (Å²) in [6.07, 6.45) is -3.29. The van der Waals surface area contributed by atoms with Crippen LogP contribution in [0.3, 0.4) is 0 Å². The highest BCUT2D eigenvalue weighted by atomic mass is 32.1. The molecule has 0 aliphatic rings. The predicted molar refractivity (Wildman–Crippen MR) is 80.1 cm³/mol. The smallest absolute Gasteiger partial charge is 0.312 e. The molecule has 0 radical (unpaired) electrons. The van der Waals surface area contributed by atoms with Gasteiger partial charge in [0, 0.05) is 0 Å². The first-order chi connectivity index (χ1) is 11.4. The van der Waals surface area contributed by atoms with Crippen molar-refractivity contribution in [1.29, 1.82) is 0 Å². The van der Waals surface area contributed by atoms with Crippen molar-refractivity contribution < 1.29 is 22.8 Å². The van der Waals surface area contributed by atoms with Gasteiger partial charge in [-0.2, -0.15) is 18.2 Å². The van der Waals surface area contributed by atoms with Gasteiger partial charge in [-0.15, -0.1) is 5.10 Å². The van der Waals surface area contributed by atoms with Crippen molar-refractivity contribution in [3.8, 4) is 0 Å². The fourth-order valence-electron chi connectivity index (χ4n) is 1.87. The standard InChI is InChI=1S/C14H9F3N4O2S/c1-8-10(11(22)23-18-7-9-5-3-2-4-6-9)24-13-19-12(14(15,16)17)20-21(8)13/h2-7H,1H3/b18-7+. The summed E-state index contributed by atoms with van der Waals surface area (Å²) in [6.45, 7) is 1.45. The van der Waals surface area contributed by atoms with Crippen LogP contribution in [0.2, 0.25) is 0 Å². The number of fused-ring (bicyclic) bond motifs is 1. The Bertz CT molecular complexity index is 915. The van der Waals surface area contributed by atoms with E-state index in [0.29, 0.717) is 0 Å². The molecule has 0 saturated carbocycles. The third-order valence-electron chi connectivity index (χ3n) is 2.99. The molecule has 0 amide bonds. The molecular weight excluding hydrogens is 345 g/mol. The topological polar surface area (TPSA) is 68.8 Å². The molecule has 0 unspecified atom stereocenters. The maximum absolute atomic E-state index is 12.6. The average molecular weight is 354 g/mol. The highest BCUT2D eigenvalue weighted by molar-refractivity contribution is 7.18. The van der Waals surface area contributed by atoms with Gasteiger partial charge >= 0.3 is 12.1 Å². The van der Waals surface area contributed by atoms with Crippen LogP contribution in [0.25, 0.3) is 4.96 Å². The highest BCUT2D eigenvalue weighted by Gasteiger charge is 2.37. The first-order valence-electron chi connectivity index (χ1n) is 6.59. The number of oxime groups is 1. The van der Waals surface area contributed by atoms with Crippen molar-refractivity contribution in [3.63, 3.8) is 0 Å². The number of carbonyl (C=O) groups is 1. The van der Waals surface area contributed by atoms with E-state index in [2.05, 4.69) is 15.2 Å². The van der Waals surface area contributed by atoms with E-state index in [4.69, 9.17) is 4.84 Å². The Balaban J connectivity index is 1.79. The van der Waals surface area contributed by atoms with E-state index < -0.39 is 18.0 Å². The second-order valence-electron chi connectivity index (χ2n) is 4.67. The van der Waals surface area contributed by atoms with Crippen molar-refractivity contribution in [2.24, 2.45) is 5.16 Å². The number of halogens is 3. The van der Waals surface area contributed by atoms with Crippen LogP contribution in [-0.2, 0) is 11.0 Å². The van der Waals surface area contributed by atoms with Crippen molar-refractivity contribution >= 4 is 28.5 Å². The number of aromatic nitrogens is 3. The minimum Gasteiger partial charge on any atom is -0.312 e. The molecular formula is C14H9F3N4O2S. The molecule has 0 saturated heterocycles. The third-order valence-corrected chi connectivity index (χ3v) is 4.11. The van der Waals surface area contributed by atoms with Gasteiger partial charge in [-0.25, -0.2) is 9.31 Å². The summed E-state index contributed by atoms with van der Waals surface area (Å²) in [5.41, 5.74) is 0.942. The van der Waals surface area contributed by atoms with Gasteiger partial charge in [0.2, 0.25) is 4.96 Å². The summed E-state index contributed by atoms with van der Waals surface area (Å²) in [5.74, 6) is -2.04. The van der Waals surface area contributed by atoms with Crippen LogP contribution in [0.4, 0.5) is 13.2 Å². The number of aryl methyl sites for hydroxylation is 1. The lowest BCUT2D eigenvalue weighted by Gasteiger charge is -1.99. The first kappa shape index (κ1) is 16.1. The van der Waals surface area contributed by atoms with E-state index in [1.54, 1.807) is 24.3 Å². The Morgan fingerprint density at radius 3 is 2.67 bits per heavy atom. The molecule has 0 bridgehead atoms. The summed E-state index contributed by atoms with van der Waals surface area (Å²) >= 11 is 0.756. The van der Waals surface area contributed by atoms with Crippen molar-refractivity contribution in [2.45, 2.75) is 13.1 Å². The van der Waals surface area contributed by atoms with E-state index >= 15 is 0 Å². The van der Waals surface area contributed by atoms with Gasteiger partial charge in [-0.1, -0.05) is 46.8 Å². The van der Waals surface area contributed by atoms with Gasteiger partial charge in [0.25, 0.3) is 5.82 Å². The number of rotatable bonds is 3. The van der Waals surface area contributed by atoms with Crippen molar-refractivity contribution in [1.82, 2.24) is 14.6 Å².